The fourth-order valence-electron chi connectivity index (χ4n) is 2.90. The van der Waals surface area contributed by atoms with Gasteiger partial charge in [-0.05, 0) is 45.7 Å². The number of H-pyrrole nitrogens is 1. The average Bonchev–Trinajstić information content (AvgIpc) is 2.51. The smallest absolute Gasteiger partial charge is 0.214 e. The van der Waals surface area contributed by atoms with Crippen molar-refractivity contribution in [1.29, 1.82) is 0 Å². The van der Waals surface area contributed by atoms with Crippen molar-refractivity contribution < 1.29 is 9.88 Å². The van der Waals surface area contributed by atoms with Crippen LogP contribution >= 0.6 is 11.6 Å². The van der Waals surface area contributed by atoms with Crippen molar-refractivity contribution in [2.24, 2.45) is 0 Å². The summed E-state index contributed by atoms with van der Waals surface area (Å²) in [5.74, 6) is 0. The summed E-state index contributed by atoms with van der Waals surface area (Å²) in [5.41, 5.74) is 2.24. The van der Waals surface area contributed by atoms with Crippen LogP contribution in [0.3, 0.4) is 0 Å². The van der Waals surface area contributed by atoms with Crippen LogP contribution in [-0.4, -0.2) is 25.7 Å². The fourth-order valence-corrected chi connectivity index (χ4v) is 3.07. The molecule has 1 aromatic heterocycles. The molecule has 3 N–H and O–H groups in total. The van der Waals surface area contributed by atoms with Crippen molar-refractivity contribution in [3.8, 4) is 0 Å². The third-order valence-electron chi connectivity index (χ3n) is 4.33. The molecule has 0 saturated heterocycles. The van der Waals surface area contributed by atoms with Gasteiger partial charge in [-0.3, -0.25) is 0 Å². The Morgan fingerprint density at radius 1 is 1.23 bits per heavy atom. The van der Waals surface area contributed by atoms with E-state index in [0.717, 1.165) is 10.5 Å². The van der Waals surface area contributed by atoms with Crippen molar-refractivity contribution in [3.05, 3.63) is 35.5 Å². The zero-order chi connectivity index (χ0) is 15.9. The van der Waals surface area contributed by atoms with Gasteiger partial charge in [-0.15, -0.1) is 0 Å². The number of quaternary nitrogens is 1. The number of aromatic amines is 1. The van der Waals surface area contributed by atoms with E-state index in [9.17, 15) is 0 Å². The maximum atomic E-state index is 6.06. The Bertz CT molecular complexity index is 596. The van der Waals surface area contributed by atoms with Crippen LogP contribution in [0, 0.1) is 0 Å². The van der Waals surface area contributed by atoms with E-state index in [1.54, 1.807) is 4.90 Å². The molecule has 0 aliphatic heterocycles. The second kappa shape index (κ2) is 8.35. The Kier molecular flexibility index (Phi) is 6.47. The number of halogens is 1. The molecule has 3 nitrogen and oxygen atoms in total. The first kappa shape index (κ1) is 17.0. The Morgan fingerprint density at radius 3 is 2.73 bits per heavy atom. The lowest BCUT2D eigenvalue weighted by molar-refractivity contribution is -0.896. The molecule has 0 aliphatic carbocycles. The maximum Gasteiger partial charge on any atom is 0.214 e. The summed E-state index contributed by atoms with van der Waals surface area (Å²) in [5, 5.41) is 5.59. The summed E-state index contributed by atoms with van der Waals surface area (Å²) in [7, 11) is 0. The molecule has 0 bridgehead atoms. The molecule has 120 valence electrons. The first-order valence-electron chi connectivity index (χ1n) is 8.34. The third kappa shape index (κ3) is 4.59. The molecular weight excluding hydrogens is 294 g/mol. The molecule has 1 atom stereocenters. The molecule has 2 aromatic rings. The van der Waals surface area contributed by atoms with Crippen molar-refractivity contribution in [1.82, 2.24) is 0 Å². The maximum absolute atomic E-state index is 6.06. The van der Waals surface area contributed by atoms with Gasteiger partial charge in [0.15, 0.2) is 6.20 Å². The predicted octanol–water partition coefficient (Wildman–Crippen LogP) is 2.81. The SMILES string of the molecule is CC[NH+](CC)CCC[C@@H](C)Nc1cc[nH+]c2cc(Cl)ccc12. The number of fused-ring (bicyclic) bond motifs is 1. The van der Waals surface area contributed by atoms with Gasteiger partial charge in [0.1, 0.15) is 0 Å². The van der Waals surface area contributed by atoms with Crippen LogP contribution in [0.1, 0.15) is 33.6 Å². The van der Waals surface area contributed by atoms with Crippen LogP contribution in [0.2, 0.25) is 5.02 Å². The molecule has 22 heavy (non-hydrogen) atoms. The molecule has 0 spiro atoms. The number of aromatic nitrogens is 1. The standard InChI is InChI=1S/C18H26ClN3/c1-4-22(5-2)12-6-7-14(3)21-17-10-11-20-18-13-15(19)8-9-16(17)18/h8-11,13-14H,4-7,12H2,1-3H3,(H,20,21)/p+2/t14-/m1/s1. The highest BCUT2D eigenvalue weighted by Crippen LogP contribution is 2.23. The molecule has 2 rings (SSSR count). The minimum Gasteiger partial charge on any atom is -0.382 e. The zero-order valence-electron chi connectivity index (χ0n) is 13.9. The Hall–Kier alpha value is -1.32. The van der Waals surface area contributed by atoms with E-state index in [0.29, 0.717) is 6.04 Å². The molecule has 0 fully saturated rings. The first-order valence-corrected chi connectivity index (χ1v) is 8.71. The highest BCUT2D eigenvalue weighted by molar-refractivity contribution is 6.31. The van der Waals surface area contributed by atoms with Gasteiger partial charge in [0.25, 0.3) is 0 Å². The summed E-state index contributed by atoms with van der Waals surface area (Å²) in [4.78, 5) is 4.93. The molecule has 0 amide bonds. The molecule has 1 heterocycles. The number of benzene rings is 1. The largest absolute Gasteiger partial charge is 0.382 e. The molecule has 4 heteroatoms. The van der Waals surface area contributed by atoms with E-state index < -0.39 is 0 Å². The highest BCUT2D eigenvalue weighted by atomic mass is 35.5. The van der Waals surface area contributed by atoms with Crippen molar-refractivity contribution in [2.45, 2.75) is 39.7 Å². The van der Waals surface area contributed by atoms with Gasteiger partial charge in [-0.25, -0.2) is 4.98 Å². The Labute approximate surface area is 138 Å². The highest BCUT2D eigenvalue weighted by Gasteiger charge is 2.10. The topological polar surface area (TPSA) is 30.6 Å². The monoisotopic (exact) mass is 321 g/mol. The van der Waals surface area contributed by atoms with Gasteiger partial charge in [0.2, 0.25) is 5.52 Å². The lowest BCUT2D eigenvalue weighted by Crippen LogP contribution is -3.11. The summed E-state index contributed by atoms with van der Waals surface area (Å²) >= 11 is 6.06. The van der Waals surface area contributed by atoms with Gasteiger partial charge in [0.05, 0.1) is 30.7 Å². The fraction of sp³-hybridized carbons (Fsp3) is 0.500. The second-order valence-electron chi connectivity index (χ2n) is 5.98. The molecular formula is C18H28ClN3+2. The summed E-state index contributed by atoms with van der Waals surface area (Å²) in [6.07, 6.45) is 4.42. The lowest BCUT2D eigenvalue weighted by Gasteiger charge is -2.18. The van der Waals surface area contributed by atoms with Crippen LogP contribution in [0.25, 0.3) is 10.9 Å². The van der Waals surface area contributed by atoms with Crippen molar-refractivity contribution in [2.75, 3.05) is 25.0 Å². The van der Waals surface area contributed by atoms with Crippen LogP contribution in [0.15, 0.2) is 30.5 Å². The lowest BCUT2D eigenvalue weighted by atomic mass is 10.1. The van der Waals surface area contributed by atoms with Crippen LogP contribution in [0.5, 0.6) is 0 Å². The van der Waals surface area contributed by atoms with Crippen molar-refractivity contribution in [3.63, 3.8) is 0 Å². The minimum absolute atomic E-state index is 0.469. The Morgan fingerprint density at radius 2 is 2.00 bits per heavy atom. The van der Waals surface area contributed by atoms with Gasteiger partial charge in [-0.2, -0.15) is 0 Å². The number of nitrogens with one attached hydrogen (secondary N) is 3. The summed E-state index contributed by atoms with van der Waals surface area (Å²) in [6.45, 7) is 10.5. The third-order valence-corrected chi connectivity index (χ3v) is 4.57. The van der Waals surface area contributed by atoms with Gasteiger partial charge < -0.3 is 10.2 Å². The number of anilines is 1. The normalized spacial score (nSPS) is 12.8. The molecule has 0 saturated carbocycles. The van der Waals surface area contributed by atoms with Crippen LogP contribution < -0.4 is 15.2 Å². The van der Waals surface area contributed by atoms with E-state index in [2.05, 4.69) is 43.2 Å². The van der Waals surface area contributed by atoms with Gasteiger partial charge in [-0.1, -0.05) is 11.6 Å². The van der Waals surface area contributed by atoms with E-state index in [1.165, 1.54) is 43.5 Å². The first-order chi connectivity index (χ1) is 10.6. The number of hydrogen-bond acceptors (Lipinski definition) is 1. The van der Waals surface area contributed by atoms with E-state index in [-0.39, 0.29) is 0 Å². The van der Waals surface area contributed by atoms with E-state index in [1.807, 2.05) is 18.3 Å². The van der Waals surface area contributed by atoms with E-state index >= 15 is 0 Å². The van der Waals surface area contributed by atoms with Crippen molar-refractivity contribution >= 4 is 28.2 Å². The van der Waals surface area contributed by atoms with E-state index in [4.69, 9.17) is 11.6 Å². The zero-order valence-corrected chi connectivity index (χ0v) is 14.6. The van der Waals surface area contributed by atoms with Gasteiger partial charge >= 0.3 is 0 Å². The average molecular weight is 322 g/mol. The van der Waals surface area contributed by atoms with Crippen LogP contribution in [-0.2, 0) is 0 Å². The predicted molar refractivity (Wildman–Crippen MR) is 94.7 cm³/mol. The summed E-state index contributed by atoms with van der Waals surface area (Å²) < 4.78 is 0. The molecule has 0 unspecified atom stereocenters. The number of rotatable bonds is 8. The molecule has 1 aromatic carbocycles. The van der Waals surface area contributed by atoms with Gasteiger partial charge in [0, 0.05) is 23.2 Å². The number of pyridine rings is 1. The quantitative estimate of drug-likeness (QED) is 0.769. The number of hydrogen-bond donors (Lipinski definition) is 2. The molecule has 0 radical (unpaired) electrons. The Balaban J connectivity index is 1.95. The second-order valence-corrected chi connectivity index (χ2v) is 6.41. The minimum atomic E-state index is 0.469. The molecule has 0 aliphatic rings. The summed E-state index contributed by atoms with van der Waals surface area (Å²) in [6, 6.07) is 8.55. The van der Waals surface area contributed by atoms with Crippen LogP contribution in [0.4, 0.5) is 5.69 Å².